The zero-order valence-electron chi connectivity index (χ0n) is 14.6. The third-order valence-electron chi connectivity index (χ3n) is 4.41. The summed E-state index contributed by atoms with van der Waals surface area (Å²) in [6.07, 6.45) is 2.11. The van der Waals surface area contributed by atoms with Gasteiger partial charge in [-0.25, -0.2) is 0 Å². The molecule has 3 aromatic carbocycles. The topological polar surface area (TPSA) is 20.3 Å². The molecule has 132 valence electrons. The van der Waals surface area contributed by atoms with Gasteiger partial charge in [-0.05, 0) is 59.8 Å². The molecule has 2 nitrogen and oxygen atoms in total. The number of carbonyl (C=O) groups excluding carboxylic acids is 1. The van der Waals surface area contributed by atoms with E-state index in [-0.39, 0.29) is 0 Å². The molecule has 3 aromatic rings. The first-order valence-electron chi connectivity index (χ1n) is 8.85. The molecule has 0 N–H and O–H groups in total. The number of nitrogens with zero attached hydrogens (tertiary/aromatic N) is 1. The predicted molar refractivity (Wildman–Crippen MR) is 109 cm³/mol. The second-order valence-electron chi connectivity index (χ2n) is 6.32. The van der Waals surface area contributed by atoms with E-state index >= 15 is 0 Å². The molecule has 3 heteroatoms. The largest absolute Gasteiger partial charge is 0.367 e. The molecule has 0 heterocycles. The summed E-state index contributed by atoms with van der Waals surface area (Å²) in [4.78, 5) is 13.6. The van der Waals surface area contributed by atoms with Crippen molar-refractivity contribution in [3.05, 3.63) is 102 Å². The summed E-state index contributed by atoms with van der Waals surface area (Å²) in [5.41, 5.74) is 4.25. The lowest BCUT2D eigenvalue weighted by Gasteiger charge is -2.25. The van der Waals surface area contributed by atoms with E-state index in [2.05, 4.69) is 53.4 Å². The number of rotatable bonds is 8. The maximum Gasteiger partial charge on any atom is 0.252 e. The zero-order chi connectivity index (χ0) is 18.2. The highest BCUT2D eigenvalue weighted by Gasteiger charge is 2.09. The van der Waals surface area contributed by atoms with Gasteiger partial charge in [-0.15, -0.1) is 0 Å². The van der Waals surface area contributed by atoms with Crippen LogP contribution in [0, 0.1) is 0 Å². The van der Waals surface area contributed by atoms with Crippen molar-refractivity contribution in [3.8, 4) is 0 Å². The van der Waals surface area contributed by atoms with E-state index in [9.17, 15) is 4.79 Å². The Hall–Kier alpha value is -2.58. The van der Waals surface area contributed by atoms with Crippen LogP contribution in [0.15, 0.2) is 84.9 Å². The molecule has 0 saturated heterocycles. The van der Waals surface area contributed by atoms with Crippen LogP contribution in [0.4, 0.5) is 5.69 Å². The molecule has 0 amide bonds. The van der Waals surface area contributed by atoms with Crippen LogP contribution in [0.1, 0.15) is 27.9 Å². The Balaban J connectivity index is 1.71. The summed E-state index contributed by atoms with van der Waals surface area (Å²) in [5, 5.41) is -0.421. The molecule has 26 heavy (non-hydrogen) atoms. The van der Waals surface area contributed by atoms with Gasteiger partial charge in [0.1, 0.15) is 0 Å². The lowest BCUT2D eigenvalue weighted by atomic mass is 10.1. The van der Waals surface area contributed by atoms with Gasteiger partial charge in [0.25, 0.3) is 5.24 Å². The summed E-state index contributed by atoms with van der Waals surface area (Å²) in [6.45, 7) is 1.78. The molecule has 0 aliphatic heterocycles. The molecule has 3 rings (SSSR count). The maximum atomic E-state index is 11.3. The second-order valence-corrected chi connectivity index (χ2v) is 6.66. The fourth-order valence-electron chi connectivity index (χ4n) is 3.03. The van der Waals surface area contributed by atoms with Crippen molar-refractivity contribution in [2.75, 3.05) is 11.4 Å². The molecule has 0 unspecified atom stereocenters. The van der Waals surface area contributed by atoms with E-state index < -0.39 is 5.24 Å². The van der Waals surface area contributed by atoms with Crippen molar-refractivity contribution in [1.82, 2.24) is 0 Å². The van der Waals surface area contributed by atoms with Crippen LogP contribution in [0.3, 0.4) is 0 Å². The van der Waals surface area contributed by atoms with Crippen LogP contribution >= 0.6 is 11.6 Å². The summed E-state index contributed by atoms with van der Waals surface area (Å²) < 4.78 is 0. The van der Waals surface area contributed by atoms with E-state index in [0.29, 0.717) is 5.56 Å². The van der Waals surface area contributed by atoms with Crippen molar-refractivity contribution < 1.29 is 4.79 Å². The zero-order valence-corrected chi connectivity index (χ0v) is 15.4. The molecule has 0 radical (unpaired) electrons. The van der Waals surface area contributed by atoms with Crippen LogP contribution in [-0.2, 0) is 13.0 Å². The summed E-state index contributed by atoms with van der Waals surface area (Å²) in [5.74, 6) is 0. The van der Waals surface area contributed by atoms with Crippen LogP contribution in [0.2, 0.25) is 0 Å². The third-order valence-corrected chi connectivity index (χ3v) is 4.63. The standard InChI is InChI=1S/C23H22ClNO/c24-23(26)21-13-15-22(16-14-21)25(18-20-10-5-2-6-11-20)17-7-12-19-8-3-1-4-9-19/h1-6,8-11,13-16H,7,12,17-18H2. The van der Waals surface area contributed by atoms with Gasteiger partial charge in [-0.1, -0.05) is 60.7 Å². The van der Waals surface area contributed by atoms with Crippen LogP contribution in [0.5, 0.6) is 0 Å². The molecule has 0 aliphatic carbocycles. The first kappa shape index (κ1) is 18.2. The highest BCUT2D eigenvalue weighted by molar-refractivity contribution is 6.67. The van der Waals surface area contributed by atoms with Crippen molar-refractivity contribution in [2.45, 2.75) is 19.4 Å². The van der Waals surface area contributed by atoms with Gasteiger partial charge in [-0.3, -0.25) is 4.79 Å². The molecule has 0 spiro atoms. The molecule has 0 aromatic heterocycles. The molecule has 0 atom stereocenters. The Morgan fingerprint density at radius 2 is 1.35 bits per heavy atom. The van der Waals surface area contributed by atoms with Gasteiger partial charge in [0.15, 0.2) is 0 Å². The van der Waals surface area contributed by atoms with E-state index in [1.165, 1.54) is 11.1 Å². The minimum atomic E-state index is -0.421. The van der Waals surface area contributed by atoms with Crippen molar-refractivity contribution in [3.63, 3.8) is 0 Å². The summed E-state index contributed by atoms with van der Waals surface area (Å²) >= 11 is 5.56. The lowest BCUT2D eigenvalue weighted by Crippen LogP contribution is -2.24. The highest BCUT2D eigenvalue weighted by atomic mass is 35.5. The molecular formula is C23H22ClNO. The average Bonchev–Trinajstić information content (AvgIpc) is 2.69. The average molecular weight is 364 g/mol. The smallest absolute Gasteiger partial charge is 0.252 e. The number of carbonyl (C=O) groups is 1. The summed E-state index contributed by atoms with van der Waals surface area (Å²) in [7, 11) is 0. The highest BCUT2D eigenvalue weighted by Crippen LogP contribution is 2.20. The molecule has 0 aliphatic rings. The van der Waals surface area contributed by atoms with Gasteiger partial charge in [-0.2, -0.15) is 0 Å². The molecule has 0 saturated carbocycles. The molecule has 0 bridgehead atoms. The first-order chi connectivity index (χ1) is 12.7. The normalized spacial score (nSPS) is 10.5. The fourth-order valence-corrected chi connectivity index (χ4v) is 3.15. The minimum absolute atomic E-state index is 0.421. The van der Waals surface area contributed by atoms with E-state index in [4.69, 9.17) is 11.6 Å². The third kappa shape index (κ3) is 5.21. The van der Waals surface area contributed by atoms with Crippen LogP contribution in [0.25, 0.3) is 0 Å². The quantitative estimate of drug-likeness (QED) is 0.478. The second kappa shape index (κ2) is 9.21. The number of benzene rings is 3. The number of anilines is 1. The number of halogens is 1. The fraction of sp³-hybridized carbons (Fsp3) is 0.174. The van der Waals surface area contributed by atoms with Gasteiger partial charge < -0.3 is 4.90 Å². The Kier molecular flexibility index (Phi) is 6.45. The Morgan fingerprint density at radius 3 is 1.92 bits per heavy atom. The number of hydrogen-bond donors (Lipinski definition) is 0. The van der Waals surface area contributed by atoms with Gasteiger partial charge in [0, 0.05) is 24.3 Å². The monoisotopic (exact) mass is 363 g/mol. The van der Waals surface area contributed by atoms with Crippen LogP contribution < -0.4 is 4.90 Å². The SMILES string of the molecule is O=C(Cl)c1ccc(N(CCCc2ccccc2)Cc2ccccc2)cc1. The maximum absolute atomic E-state index is 11.3. The Labute approximate surface area is 160 Å². The lowest BCUT2D eigenvalue weighted by molar-refractivity contribution is 0.108. The van der Waals surface area contributed by atoms with E-state index in [1.807, 2.05) is 24.3 Å². The van der Waals surface area contributed by atoms with Gasteiger partial charge in [0.2, 0.25) is 0 Å². The van der Waals surface area contributed by atoms with Crippen molar-refractivity contribution in [1.29, 1.82) is 0 Å². The van der Waals surface area contributed by atoms with Gasteiger partial charge >= 0.3 is 0 Å². The molecule has 0 fully saturated rings. The summed E-state index contributed by atoms with van der Waals surface area (Å²) in [6, 6.07) is 28.5. The Morgan fingerprint density at radius 1 is 0.769 bits per heavy atom. The van der Waals surface area contributed by atoms with Crippen molar-refractivity contribution in [2.24, 2.45) is 0 Å². The van der Waals surface area contributed by atoms with E-state index in [1.54, 1.807) is 12.1 Å². The molecular weight excluding hydrogens is 342 g/mol. The van der Waals surface area contributed by atoms with Gasteiger partial charge in [0.05, 0.1) is 0 Å². The number of aryl methyl sites for hydroxylation is 1. The van der Waals surface area contributed by atoms with Crippen LogP contribution in [-0.4, -0.2) is 11.8 Å². The van der Waals surface area contributed by atoms with E-state index in [0.717, 1.165) is 31.6 Å². The van der Waals surface area contributed by atoms with Crippen molar-refractivity contribution >= 4 is 22.5 Å². The Bertz CT molecular complexity index is 816. The number of hydrogen-bond acceptors (Lipinski definition) is 2. The predicted octanol–water partition coefficient (Wildman–Crippen LogP) is 5.71. The minimum Gasteiger partial charge on any atom is -0.367 e. The first-order valence-corrected chi connectivity index (χ1v) is 9.23.